The van der Waals surface area contributed by atoms with Crippen LogP contribution in [0.5, 0.6) is 0 Å². The lowest BCUT2D eigenvalue weighted by molar-refractivity contribution is -0.121. The molecule has 0 aromatic rings. The molecule has 2 nitrogen and oxygen atoms in total. The molecule has 0 aliphatic rings. The molecule has 0 fully saturated rings. The van der Waals surface area contributed by atoms with Crippen LogP contribution >= 0.6 is 15.9 Å². The lowest BCUT2D eigenvalue weighted by Crippen LogP contribution is -2.28. The summed E-state index contributed by atoms with van der Waals surface area (Å²) in [6.07, 6.45) is 6.50. The lowest BCUT2D eigenvalue weighted by atomic mass is 10.1. The minimum Gasteiger partial charge on any atom is -0.356 e. The summed E-state index contributed by atoms with van der Waals surface area (Å²) < 4.78 is 0. The van der Waals surface area contributed by atoms with Crippen molar-refractivity contribution in [3.8, 4) is 0 Å². The van der Waals surface area contributed by atoms with Gasteiger partial charge in [0.1, 0.15) is 0 Å². The Kier molecular flexibility index (Phi) is 10.4. The maximum atomic E-state index is 11.4. The average molecular weight is 278 g/mol. The Bertz CT molecular complexity index is 162. The van der Waals surface area contributed by atoms with Gasteiger partial charge in [-0.15, -0.1) is 0 Å². The number of alkyl halides is 1. The molecule has 90 valence electrons. The van der Waals surface area contributed by atoms with Gasteiger partial charge in [-0.05, 0) is 18.8 Å². The first-order valence-electron chi connectivity index (χ1n) is 6.03. The van der Waals surface area contributed by atoms with Gasteiger partial charge in [-0.1, -0.05) is 49.0 Å². The second-order valence-electron chi connectivity index (χ2n) is 4.20. The first kappa shape index (κ1) is 14.9. The lowest BCUT2D eigenvalue weighted by Gasteiger charge is -2.10. The predicted octanol–water partition coefficient (Wildman–Crippen LogP) is 3.49. The summed E-state index contributed by atoms with van der Waals surface area (Å²) in [7, 11) is 0. The van der Waals surface area contributed by atoms with Gasteiger partial charge >= 0.3 is 0 Å². The van der Waals surface area contributed by atoms with E-state index >= 15 is 0 Å². The second kappa shape index (κ2) is 10.5. The van der Waals surface area contributed by atoms with Gasteiger partial charge in [0.15, 0.2) is 0 Å². The zero-order valence-electron chi connectivity index (χ0n) is 10.0. The Morgan fingerprint density at radius 2 is 2.07 bits per heavy atom. The summed E-state index contributed by atoms with van der Waals surface area (Å²) in [6, 6.07) is 0. The molecule has 0 aliphatic heterocycles. The largest absolute Gasteiger partial charge is 0.356 e. The van der Waals surface area contributed by atoms with Crippen LogP contribution in [-0.2, 0) is 4.79 Å². The number of hydrogen-bond acceptors (Lipinski definition) is 1. The molecule has 1 atom stereocenters. The van der Waals surface area contributed by atoms with Crippen LogP contribution in [0, 0.1) is 5.92 Å². The molecule has 0 rings (SSSR count). The van der Waals surface area contributed by atoms with Crippen molar-refractivity contribution in [2.45, 2.75) is 52.4 Å². The van der Waals surface area contributed by atoms with Crippen molar-refractivity contribution in [2.24, 2.45) is 5.92 Å². The van der Waals surface area contributed by atoms with Crippen LogP contribution in [-0.4, -0.2) is 17.8 Å². The van der Waals surface area contributed by atoms with Crippen LogP contribution in [0.4, 0.5) is 0 Å². The maximum absolute atomic E-state index is 11.4. The van der Waals surface area contributed by atoms with Crippen LogP contribution in [0.1, 0.15) is 52.4 Å². The Labute approximate surface area is 102 Å². The molecule has 0 aliphatic carbocycles. The van der Waals surface area contributed by atoms with E-state index < -0.39 is 0 Å². The number of nitrogens with one attached hydrogen (secondary N) is 1. The van der Waals surface area contributed by atoms with E-state index in [9.17, 15) is 4.79 Å². The highest BCUT2D eigenvalue weighted by atomic mass is 79.9. The number of rotatable bonds is 9. The zero-order chi connectivity index (χ0) is 11.5. The molecular formula is C12H24BrNO. The fraction of sp³-hybridized carbons (Fsp3) is 0.917. The second-order valence-corrected chi connectivity index (χ2v) is 4.99. The molecule has 0 spiro atoms. The molecule has 0 heterocycles. The van der Waals surface area contributed by atoms with Gasteiger partial charge in [0, 0.05) is 18.3 Å². The average Bonchev–Trinajstić information content (AvgIpc) is 2.22. The predicted molar refractivity (Wildman–Crippen MR) is 69.3 cm³/mol. The van der Waals surface area contributed by atoms with Crippen LogP contribution in [0.3, 0.4) is 0 Å². The number of hydrogen-bond donors (Lipinski definition) is 1. The van der Waals surface area contributed by atoms with Gasteiger partial charge in [0.2, 0.25) is 5.91 Å². The molecule has 1 unspecified atom stereocenters. The van der Waals surface area contributed by atoms with E-state index in [1.165, 1.54) is 19.3 Å². The molecule has 0 aromatic carbocycles. The third-order valence-electron chi connectivity index (χ3n) is 2.51. The quantitative estimate of drug-likeness (QED) is 0.507. The standard InChI is InChI=1S/C12H24BrNO/c1-3-4-5-6-7-12(15)14-10-11(2)8-9-13/h11H,3-10H2,1-2H3,(H,14,15). The zero-order valence-corrected chi connectivity index (χ0v) is 11.6. The van der Waals surface area contributed by atoms with Crippen molar-refractivity contribution in [1.82, 2.24) is 5.32 Å². The van der Waals surface area contributed by atoms with E-state index in [4.69, 9.17) is 0 Å². The molecule has 0 saturated carbocycles. The summed E-state index contributed by atoms with van der Waals surface area (Å²) in [5.74, 6) is 0.788. The van der Waals surface area contributed by atoms with E-state index in [0.29, 0.717) is 12.3 Å². The van der Waals surface area contributed by atoms with Crippen LogP contribution in [0.15, 0.2) is 0 Å². The van der Waals surface area contributed by atoms with Crippen molar-refractivity contribution in [3.05, 3.63) is 0 Å². The van der Waals surface area contributed by atoms with Crippen molar-refractivity contribution in [1.29, 1.82) is 0 Å². The summed E-state index contributed by atoms with van der Waals surface area (Å²) in [5.41, 5.74) is 0. The summed E-state index contributed by atoms with van der Waals surface area (Å²) in [6.45, 7) is 5.17. The third-order valence-corrected chi connectivity index (χ3v) is 2.96. The molecular weight excluding hydrogens is 254 g/mol. The van der Waals surface area contributed by atoms with Crippen molar-refractivity contribution < 1.29 is 4.79 Å². The van der Waals surface area contributed by atoms with E-state index in [2.05, 4.69) is 35.1 Å². The number of carbonyl (C=O) groups is 1. The Balaban J connectivity index is 3.32. The minimum absolute atomic E-state index is 0.215. The highest BCUT2D eigenvalue weighted by Gasteiger charge is 2.04. The van der Waals surface area contributed by atoms with Crippen LogP contribution in [0.25, 0.3) is 0 Å². The van der Waals surface area contributed by atoms with Gasteiger partial charge in [-0.2, -0.15) is 0 Å². The fourth-order valence-corrected chi connectivity index (χ4v) is 2.16. The van der Waals surface area contributed by atoms with Crippen molar-refractivity contribution >= 4 is 21.8 Å². The third kappa shape index (κ3) is 10.2. The monoisotopic (exact) mass is 277 g/mol. The van der Waals surface area contributed by atoms with Gasteiger partial charge in [0.25, 0.3) is 0 Å². The Morgan fingerprint density at radius 3 is 2.67 bits per heavy atom. The molecule has 1 N–H and O–H groups in total. The molecule has 0 saturated heterocycles. The molecule has 0 bridgehead atoms. The molecule has 0 aromatic heterocycles. The molecule has 15 heavy (non-hydrogen) atoms. The summed E-state index contributed by atoms with van der Waals surface area (Å²) in [4.78, 5) is 11.4. The fourth-order valence-electron chi connectivity index (χ4n) is 1.38. The van der Waals surface area contributed by atoms with E-state index in [1.807, 2.05) is 0 Å². The molecule has 3 heteroatoms. The SMILES string of the molecule is CCCCCCC(=O)NCC(C)CCBr. The Hall–Kier alpha value is -0.0500. The van der Waals surface area contributed by atoms with E-state index in [0.717, 1.165) is 24.7 Å². The van der Waals surface area contributed by atoms with E-state index in [-0.39, 0.29) is 5.91 Å². The van der Waals surface area contributed by atoms with Crippen molar-refractivity contribution in [3.63, 3.8) is 0 Å². The number of amides is 1. The molecule has 1 amide bonds. The summed E-state index contributed by atoms with van der Waals surface area (Å²) in [5, 5.41) is 4.00. The van der Waals surface area contributed by atoms with Gasteiger partial charge in [-0.25, -0.2) is 0 Å². The first-order chi connectivity index (χ1) is 7.20. The number of unbranched alkanes of at least 4 members (excludes halogenated alkanes) is 3. The van der Waals surface area contributed by atoms with Gasteiger partial charge < -0.3 is 5.32 Å². The van der Waals surface area contributed by atoms with E-state index in [1.54, 1.807) is 0 Å². The van der Waals surface area contributed by atoms with Crippen LogP contribution < -0.4 is 5.32 Å². The molecule has 0 radical (unpaired) electrons. The summed E-state index contributed by atoms with van der Waals surface area (Å²) >= 11 is 3.40. The highest BCUT2D eigenvalue weighted by molar-refractivity contribution is 9.09. The highest BCUT2D eigenvalue weighted by Crippen LogP contribution is 2.04. The van der Waals surface area contributed by atoms with Crippen molar-refractivity contribution in [2.75, 3.05) is 11.9 Å². The topological polar surface area (TPSA) is 29.1 Å². The smallest absolute Gasteiger partial charge is 0.220 e. The maximum Gasteiger partial charge on any atom is 0.220 e. The number of carbonyl (C=O) groups excluding carboxylic acids is 1. The minimum atomic E-state index is 0.215. The number of halogens is 1. The van der Waals surface area contributed by atoms with Gasteiger partial charge in [-0.3, -0.25) is 4.79 Å². The van der Waals surface area contributed by atoms with Gasteiger partial charge in [0.05, 0.1) is 0 Å². The first-order valence-corrected chi connectivity index (χ1v) is 7.15. The van der Waals surface area contributed by atoms with Crippen LogP contribution in [0.2, 0.25) is 0 Å². The normalized spacial score (nSPS) is 12.5. The Morgan fingerprint density at radius 1 is 1.33 bits per heavy atom.